The number of aromatic nitrogens is 6. The van der Waals surface area contributed by atoms with Gasteiger partial charge in [0.2, 0.25) is 0 Å². The highest BCUT2D eigenvalue weighted by atomic mass is 15.4. The van der Waals surface area contributed by atoms with Gasteiger partial charge in [0.1, 0.15) is 11.2 Å². The van der Waals surface area contributed by atoms with Gasteiger partial charge < -0.3 is 0 Å². The summed E-state index contributed by atoms with van der Waals surface area (Å²) in [4.78, 5) is 8.76. The van der Waals surface area contributed by atoms with Gasteiger partial charge >= 0.3 is 0 Å². The van der Waals surface area contributed by atoms with Crippen molar-refractivity contribution < 1.29 is 0 Å². The van der Waals surface area contributed by atoms with Gasteiger partial charge in [0.05, 0.1) is 0 Å². The fourth-order valence-corrected chi connectivity index (χ4v) is 2.39. The molecule has 0 saturated heterocycles. The normalized spacial score (nSPS) is 12.0. The second kappa shape index (κ2) is 5.45. The summed E-state index contributed by atoms with van der Waals surface area (Å²) in [6.45, 7) is 0. The summed E-state index contributed by atoms with van der Waals surface area (Å²) < 4.78 is 1.70. The fraction of sp³-hybridized carbons (Fsp3) is 0.0625. The quantitative estimate of drug-likeness (QED) is 0.613. The molecule has 0 aliphatic carbocycles. The summed E-state index contributed by atoms with van der Waals surface area (Å²) in [7, 11) is 1.84. The predicted molar refractivity (Wildman–Crippen MR) is 85.6 cm³/mol. The van der Waals surface area contributed by atoms with Crippen LogP contribution in [-0.2, 0) is 7.05 Å². The molecular formula is C16H13N7. The monoisotopic (exact) mass is 303 g/mol. The van der Waals surface area contributed by atoms with Crippen LogP contribution in [0, 0.1) is 0 Å². The van der Waals surface area contributed by atoms with Gasteiger partial charge in [-0.25, -0.2) is 14.7 Å². The lowest BCUT2D eigenvalue weighted by molar-refractivity contribution is 0.705. The van der Waals surface area contributed by atoms with E-state index in [2.05, 4.69) is 30.5 Å². The molecule has 0 fully saturated rings. The minimum Gasteiger partial charge on any atom is -0.248 e. The van der Waals surface area contributed by atoms with Gasteiger partial charge in [0, 0.05) is 18.8 Å². The SMILES string of the molecule is Cn1nc(-c2ccccc2)c2n[nH]nc2/c1=N\c1ccccn1. The number of aromatic amines is 1. The number of aryl methyl sites for hydroxylation is 1. The van der Waals surface area contributed by atoms with Crippen molar-refractivity contribution in [3.8, 4) is 11.3 Å². The van der Waals surface area contributed by atoms with Crippen LogP contribution >= 0.6 is 0 Å². The molecule has 3 heterocycles. The Hall–Kier alpha value is -3.35. The summed E-state index contributed by atoms with van der Waals surface area (Å²) in [5.74, 6) is 0.599. The van der Waals surface area contributed by atoms with E-state index in [-0.39, 0.29) is 0 Å². The first-order valence-corrected chi connectivity index (χ1v) is 7.12. The maximum absolute atomic E-state index is 4.61. The third-order valence-corrected chi connectivity index (χ3v) is 3.46. The standard InChI is InChI=1S/C16H13N7/c1-23-16(18-12-9-5-6-10-17-12)15-14(19-22-20-15)13(21-23)11-7-3-2-4-8-11/h2-10H,1H3,(H,19,20,22)/b18-16+. The van der Waals surface area contributed by atoms with Crippen molar-refractivity contribution >= 4 is 16.9 Å². The van der Waals surface area contributed by atoms with Crippen molar-refractivity contribution in [3.05, 3.63) is 60.2 Å². The molecule has 4 rings (SSSR count). The maximum atomic E-state index is 4.61. The number of nitrogens with one attached hydrogen (secondary N) is 1. The van der Waals surface area contributed by atoms with Crippen LogP contribution in [0.3, 0.4) is 0 Å². The van der Waals surface area contributed by atoms with Crippen LogP contribution in [0.4, 0.5) is 5.82 Å². The van der Waals surface area contributed by atoms with E-state index in [0.717, 1.165) is 11.3 Å². The zero-order valence-corrected chi connectivity index (χ0v) is 12.4. The lowest BCUT2D eigenvalue weighted by Gasteiger charge is -2.05. The highest BCUT2D eigenvalue weighted by Crippen LogP contribution is 2.21. The minimum atomic E-state index is 0.599. The van der Waals surface area contributed by atoms with Crippen molar-refractivity contribution in [1.29, 1.82) is 0 Å². The van der Waals surface area contributed by atoms with Crippen LogP contribution in [0.15, 0.2) is 59.7 Å². The molecule has 0 radical (unpaired) electrons. The fourth-order valence-electron chi connectivity index (χ4n) is 2.39. The molecule has 1 aromatic carbocycles. The molecular weight excluding hydrogens is 290 g/mol. The summed E-state index contributed by atoms with van der Waals surface area (Å²) in [5.41, 5.74) is 3.69. The molecule has 0 atom stereocenters. The summed E-state index contributed by atoms with van der Waals surface area (Å²) in [6, 6.07) is 15.5. The molecule has 112 valence electrons. The molecule has 0 aliphatic heterocycles. The average Bonchev–Trinajstić information content (AvgIpc) is 3.08. The zero-order chi connectivity index (χ0) is 15.6. The Morgan fingerprint density at radius 1 is 0.957 bits per heavy atom. The molecule has 0 saturated carbocycles. The van der Waals surface area contributed by atoms with Crippen LogP contribution in [0.1, 0.15) is 0 Å². The molecule has 0 spiro atoms. The average molecular weight is 303 g/mol. The van der Waals surface area contributed by atoms with Crippen molar-refractivity contribution in [2.24, 2.45) is 12.0 Å². The maximum Gasteiger partial charge on any atom is 0.181 e. The Morgan fingerprint density at radius 2 is 1.74 bits per heavy atom. The number of hydrogen-bond acceptors (Lipinski definition) is 5. The molecule has 1 N–H and O–H groups in total. The van der Waals surface area contributed by atoms with Gasteiger partial charge in [0.25, 0.3) is 0 Å². The predicted octanol–water partition coefficient (Wildman–Crippen LogP) is 1.99. The Bertz CT molecular complexity index is 1020. The van der Waals surface area contributed by atoms with Crippen LogP contribution in [0.2, 0.25) is 0 Å². The summed E-state index contributed by atoms with van der Waals surface area (Å²) >= 11 is 0. The first-order chi connectivity index (χ1) is 11.3. The van der Waals surface area contributed by atoms with Crippen molar-refractivity contribution in [2.45, 2.75) is 0 Å². The number of H-pyrrole nitrogens is 1. The molecule has 0 amide bonds. The van der Waals surface area contributed by atoms with E-state index in [1.165, 1.54) is 0 Å². The van der Waals surface area contributed by atoms with Crippen molar-refractivity contribution in [2.75, 3.05) is 0 Å². The number of pyridine rings is 1. The van der Waals surface area contributed by atoms with E-state index >= 15 is 0 Å². The molecule has 3 aromatic heterocycles. The van der Waals surface area contributed by atoms with Gasteiger partial charge in [0.15, 0.2) is 16.8 Å². The Labute approximate surface area is 131 Å². The molecule has 0 unspecified atom stereocenters. The van der Waals surface area contributed by atoms with Crippen LogP contribution in [0.5, 0.6) is 0 Å². The molecule has 0 bridgehead atoms. The van der Waals surface area contributed by atoms with Gasteiger partial charge in [-0.05, 0) is 12.1 Å². The van der Waals surface area contributed by atoms with E-state index in [0.29, 0.717) is 22.3 Å². The topological polar surface area (TPSA) is 84.6 Å². The molecule has 7 nitrogen and oxygen atoms in total. The number of rotatable bonds is 2. The van der Waals surface area contributed by atoms with Gasteiger partial charge in [-0.1, -0.05) is 36.4 Å². The summed E-state index contributed by atoms with van der Waals surface area (Å²) in [5, 5.41) is 15.8. The van der Waals surface area contributed by atoms with E-state index in [1.54, 1.807) is 10.9 Å². The first-order valence-electron chi connectivity index (χ1n) is 7.12. The number of fused-ring (bicyclic) bond motifs is 1. The van der Waals surface area contributed by atoms with Gasteiger partial charge in [-0.15, -0.1) is 0 Å². The second-order valence-electron chi connectivity index (χ2n) is 4.98. The van der Waals surface area contributed by atoms with Gasteiger partial charge in [-0.3, -0.25) is 0 Å². The summed E-state index contributed by atoms with van der Waals surface area (Å²) in [6.07, 6.45) is 1.70. The lowest BCUT2D eigenvalue weighted by atomic mass is 10.1. The molecule has 0 aliphatic rings. The van der Waals surface area contributed by atoms with Crippen molar-refractivity contribution in [3.63, 3.8) is 0 Å². The zero-order valence-electron chi connectivity index (χ0n) is 12.4. The third kappa shape index (κ3) is 2.38. The van der Waals surface area contributed by atoms with Crippen LogP contribution in [-0.4, -0.2) is 30.2 Å². The Kier molecular flexibility index (Phi) is 3.16. The smallest absolute Gasteiger partial charge is 0.181 e. The number of nitrogens with zero attached hydrogens (tertiary/aromatic N) is 6. The Balaban J connectivity index is 2.01. The number of benzene rings is 1. The van der Waals surface area contributed by atoms with E-state index in [9.17, 15) is 0 Å². The minimum absolute atomic E-state index is 0.599. The van der Waals surface area contributed by atoms with E-state index in [1.807, 2.05) is 55.6 Å². The Morgan fingerprint density at radius 3 is 2.52 bits per heavy atom. The van der Waals surface area contributed by atoms with E-state index < -0.39 is 0 Å². The van der Waals surface area contributed by atoms with Gasteiger partial charge in [-0.2, -0.15) is 20.5 Å². The first kappa shape index (κ1) is 13.3. The van der Waals surface area contributed by atoms with Crippen LogP contribution < -0.4 is 5.49 Å². The third-order valence-electron chi connectivity index (χ3n) is 3.46. The van der Waals surface area contributed by atoms with Crippen molar-refractivity contribution in [1.82, 2.24) is 30.2 Å². The molecule has 4 aromatic rings. The molecule has 23 heavy (non-hydrogen) atoms. The molecule has 7 heteroatoms. The second-order valence-corrected chi connectivity index (χ2v) is 4.98. The largest absolute Gasteiger partial charge is 0.248 e. The van der Waals surface area contributed by atoms with E-state index in [4.69, 9.17) is 0 Å². The number of hydrogen-bond donors (Lipinski definition) is 1. The van der Waals surface area contributed by atoms with Crippen LogP contribution in [0.25, 0.3) is 22.3 Å². The lowest BCUT2D eigenvalue weighted by Crippen LogP contribution is -2.22. The highest BCUT2D eigenvalue weighted by molar-refractivity contribution is 5.87. The highest BCUT2D eigenvalue weighted by Gasteiger charge is 2.13.